The van der Waals surface area contributed by atoms with Gasteiger partial charge in [-0.3, -0.25) is 9.59 Å². The van der Waals surface area contributed by atoms with Crippen molar-refractivity contribution in [3.8, 4) is 5.75 Å². The van der Waals surface area contributed by atoms with Crippen LogP contribution in [-0.4, -0.2) is 39.4 Å². The van der Waals surface area contributed by atoms with Crippen LogP contribution in [0.4, 0.5) is 11.4 Å². The van der Waals surface area contributed by atoms with Gasteiger partial charge in [-0.05, 0) is 43.7 Å². The van der Waals surface area contributed by atoms with Crippen molar-refractivity contribution < 1.29 is 14.3 Å². The Kier molecular flexibility index (Phi) is 8.73. The average Bonchev–Trinajstić information content (AvgIpc) is 3.20. The Labute approximate surface area is 202 Å². The Hall–Kier alpha value is -3.04. The molecule has 3 aromatic rings. The molecule has 2 N–H and O–H groups in total. The van der Waals surface area contributed by atoms with Crippen LogP contribution in [0.5, 0.6) is 5.75 Å². The molecule has 0 aliphatic rings. The summed E-state index contributed by atoms with van der Waals surface area (Å²) < 4.78 is 7.09. The summed E-state index contributed by atoms with van der Waals surface area (Å²) in [5.41, 5.74) is 2.28. The quantitative estimate of drug-likeness (QED) is 0.406. The summed E-state index contributed by atoms with van der Waals surface area (Å²) in [6.45, 7) is 4.52. The van der Waals surface area contributed by atoms with E-state index >= 15 is 0 Å². The van der Waals surface area contributed by atoms with Crippen LogP contribution in [-0.2, 0) is 22.6 Å². The molecule has 2 amide bonds. The number of methoxy groups -OCH3 is 1. The predicted octanol–water partition coefficient (Wildman–Crippen LogP) is 4.57. The molecule has 0 saturated heterocycles. The van der Waals surface area contributed by atoms with Crippen LogP contribution in [0.25, 0.3) is 0 Å². The molecule has 0 atom stereocenters. The smallest absolute Gasteiger partial charge is 0.234 e. The Morgan fingerprint density at radius 3 is 2.58 bits per heavy atom. The fourth-order valence-electron chi connectivity index (χ4n) is 3.08. The SMILES string of the molecule is CCn1c(CCC(=O)Nc2ccc(C)c(Cl)c2)nnc1SCC(=O)Nc1cccc(OC)c1. The Morgan fingerprint density at radius 2 is 1.85 bits per heavy atom. The Balaban J connectivity index is 1.52. The third-order valence-corrected chi connectivity index (χ3v) is 6.20. The number of nitrogens with one attached hydrogen (secondary N) is 2. The molecule has 174 valence electrons. The van der Waals surface area contributed by atoms with E-state index in [2.05, 4.69) is 20.8 Å². The first kappa shape index (κ1) is 24.6. The second kappa shape index (κ2) is 11.7. The summed E-state index contributed by atoms with van der Waals surface area (Å²) in [5, 5.41) is 15.4. The summed E-state index contributed by atoms with van der Waals surface area (Å²) in [7, 11) is 1.58. The summed E-state index contributed by atoms with van der Waals surface area (Å²) in [5.74, 6) is 1.27. The number of halogens is 1. The summed E-state index contributed by atoms with van der Waals surface area (Å²) in [6, 6.07) is 12.6. The number of hydrogen-bond acceptors (Lipinski definition) is 6. The van der Waals surface area contributed by atoms with Gasteiger partial charge >= 0.3 is 0 Å². The van der Waals surface area contributed by atoms with Crippen molar-refractivity contribution in [1.82, 2.24) is 14.8 Å². The standard InChI is InChI=1S/C23H26ClN5O3S/c1-4-29-20(10-11-21(30)25-17-9-8-15(2)19(24)13-17)27-28-23(29)33-14-22(31)26-16-6-5-7-18(12-16)32-3/h5-9,12-13H,4,10-11,14H2,1-3H3,(H,25,30)(H,26,31). The molecule has 0 bridgehead atoms. The number of rotatable bonds is 10. The second-order valence-corrected chi connectivity index (χ2v) is 8.57. The lowest BCUT2D eigenvalue weighted by atomic mass is 10.2. The van der Waals surface area contributed by atoms with E-state index in [1.807, 2.05) is 42.7 Å². The van der Waals surface area contributed by atoms with Crippen molar-refractivity contribution in [3.05, 3.63) is 58.9 Å². The lowest BCUT2D eigenvalue weighted by Gasteiger charge is -2.09. The maximum absolute atomic E-state index is 12.3. The number of nitrogens with zero attached hydrogens (tertiary/aromatic N) is 3. The number of amides is 2. The number of benzene rings is 2. The highest BCUT2D eigenvalue weighted by Crippen LogP contribution is 2.22. The molecule has 0 radical (unpaired) electrons. The third kappa shape index (κ3) is 6.97. The highest BCUT2D eigenvalue weighted by atomic mass is 35.5. The molecule has 1 heterocycles. The van der Waals surface area contributed by atoms with Gasteiger partial charge in [0.15, 0.2) is 5.16 Å². The largest absolute Gasteiger partial charge is 0.497 e. The Bertz CT molecular complexity index is 1140. The van der Waals surface area contributed by atoms with Gasteiger partial charge in [0.25, 0.3) is 0 Å². The molecule has 33 heavy (non-hydrogen) atoms. The van der Waals surface area contributed by atoms with Gasteiger partial charge in [0.05, 0.1) is 12.9 Å². The van der Waals surface area contributed by atoms with Gasteiger partial charge in [-0.1, -0.05) is 35.5 Å². The fraction of sp³-hybridized carbons (Fsp3) is 0.304. The molecular formula is C23H26ClN5O3S. The maximum atomic E-state index is 12.3. The molecule has 0 aliphatic heterocycles. The zero-order valence-electron chi connectivity index (χ0n) is 18.7. The van der Waals surface area contributed by atoms with Crippen LogP contribution in [0.3, 0.4) is 0 Å². The molecule has 0 spiro atoms. The van der Waals surface area contributed by atoms with Crippen molar-refractivity contribution in [1.29, 1.82) is 0 Å². The number of thioether (sulfide) groups is 1. The first-order chi connectivity index (χ1) is 15.9. The first-order valence-corrected chi connectivity index (χ1v) is 11.8. The molecule has 2 aromatic carbocycles. The van der Waals surface area contributed by atoms with Crippen molar-refractivity contribution in [2.45, 2.75) is 38.4 Å². The highest BCUT2D eigenvalue weighted by molar-refractivity contribution is 7.99. The van der Waals surface area contributed by atoms with Crippen LogP contribution in [0.2, 0.25) is 5.02 Å². The minimum Gasteiger partial charge on any atom is -0.497 e. The number of anilines is 2. The summed E-state index contributed by atoms with van der Waals surface area (Å²) >= 11 is 7.41. The van der Waals surface area contributed by atoms with E-state index in [9.17, 15) is 9.59 Å². The second-order valence-electron chi connectivity index (χ2n) is 7.22. The van der Waals surface area contributed by atoms with E-state index in [-0.39, 0.29) is 24.0 Å². The number of aromatic nitrogens is 3. The van der Waals surface area contributed by atoms with E-state index < -0.39 is 0 Å². The lowest BCUT2D eigenvalue weighted by molar-refractivity contribution is -0.116. The van der Waals surface area contributed by atoms with Crippen LogP contribution < -0.4 is 15.4 Å². The van der Waals surface area contributed by atoms with Gasteiger partial charge in [0.1, 0.15) is 11.6 Å². The molecule has 10 heteroatoms. The predicted molar refractivity (Wildman–Crippen MR) is 131 cm³/mol. The van der Waals surface area contributed by atoms with Gasteiger partial charge < -0.3 is 19.9 Å². The van der Waals surface area contributed by atoms with E-state index in [1.165, 1.54) is 11.8 Å². The normalized spacial score (nSPS) is 10.7. The molecular weight excluding hydrogens is 462 g/mol. The van der Waals surface area contributed by atoms with E-state index in [0.29, 0.717) is 46.1 Å². The highest BCUT2D eigenvalue weighted by Gasteiger charge is 2.15. The number of carbonyl (C=O) groups excluding carboxylic acids is 2. The number of aryl methyl sites for hydroxylation is 2. The third-order valence-electron chi connectivity index (χ3n) is 4.83. The fourth-order valence-corrected chi connectivity index (χ4v) is 4.08. The Morgan fingerprint density at radius 1 is 1.09 bits per heavy atom. The van der Waals surface area contributed by atoms with Gasteiger partial charge in [0.2, 0.25) is 11.8 Å². The van der Waals surface area contributed by atoms with E-state index in [1.54, 1.807) is 25.3 Å². The molecule has 0 fully saturated rings. The summed E-state index contributed by atoms with van der Waals surface area (Å²) in [6.07, 6.45) is 0.688. The first-order valence-electron chi connectivity index (χ1n) is 10.4. The zero-order valence-corrected chi connectivity index (χ0v) is 20.3. The van der Waals surface area contributed by atoms with Crippen LogP contribution in [0.15, 0.2) is 47.6 Å². The zero-order chi connectivity index (χ0) is 23.8. The summed E-state index contributed by atoms with van der Waals surface area (Å²) in [4.78, 5) is 24.7. The van der Waals surface area contributed by atoms with Gasteiger partial charge in [-0.25, -0.2) is 0 Å². The van der Waals surface area contributed by atoms with Gasteiger partial charge in [-0.2, -0.15) is 0 Å². The number of ether oxygens (including phenoxy) is 1. The minimum absolute atomic E-state index is 0.132. The van der Waals surface area contributed by atoms with Gasteiger partial charge in [0, 0.05) is 41.9 Å². The van der Waals surface area contributed by atoms with E-state index in [0.717, 1.165) is 5.56 Å². The lowest BCUT2D eigenvalue weighted by Crippen LogP contribution is -2.15. The van der Waals surface area contributed by atoms with Crippen LogP contribution >= 0.6 is 23.4 Å². The van der Waals surface area contributed by atoms with Crippen molar-refractivity contribution >= 4 is 46.6 Å². The average molecular weight is 488 g/mol. The molecule has 0 aliphatic carbocycles. The molecule has 0 saturated carbocycles. The number of hydrogen-bond donors (Lipinski definition) is 2. The van der Waals surface area contributed by atoms with Crippen LogP contribution in [0, 0.1) is 6.92 Å². The molecule has 1 aromatic heterocycles. The molecule has 3 rings (SSSR count). The minimum atomic E-state index is -0.156. The topological polar surface area (TPSA) is 98.1 Å². The van der Waals surface area contributed by atoms with Crippen LogP contribution in [0.1, 0.15) is 24.7 Å². The molecule has 8 nitrogen and oxygen atoms in total. The van der Waals surface area contributed by atoms with Crippen molar-refractivity contribution in [2.24, 2.45) is 0 Å². The van der Waals surface area contributed by atoms with Gasteiger partial charge in [-0.15, -0.1) is 10.2 Å². The maximum Gasteiger partial charge on any atom is 0.234 e. The van der Waals surface area contributed by atoms with Crippen molar-refractivity contribution in [3.63, 3.8) is 0 Å². The monoisotopic (exact) mass is 487 g/mol. The molecule has 0 unspecified atom stereocenters. The van der Waals surface area contributed by atoms with Crippen molar-refractivity contribution in [2.75, 3.05) is 23.5 Å². The van der Waals surface area contributed by atoms with E-state index in [4.69, 9.17) is 16.3 Å². The number of carbonyl (C=O) groups is 2.